The van der Waals surface area contributed by atoms with E-state index in [4.69, 9.17) is 14.5 Å². The van der Waals surface area contributed by atoms with E-state index in [-0.39, 0.29) is 5.56 Å². The molecule has 1 aromatic heterocycles. The molecule has 35 heavy (non-hydrogen) atoms. The predicted octanol–water partition coefficient (Wildman–Crippen LogP) is 2.85. The summed E-state index contributed by atoms with van der Waals surface area (Å²) in [6.45, 7) is 8.32. The number of methoxy groups -OCH3 is 1. The van der Waals surface area contributed by atoms with Crippen LogP contribution in [0.3, 0.4) is 0 Å². The van der Waals surface area contributed by atoms with Crippen molar-refractivity contribution in [2.24, 2.45) is 0 Å². The second-order valence-corrected chi connectivity index (χ2v) is 9.10. The molecule has 3 aromatic rings. The molecule has 0 radical (unpaired) electrons. The fraction of sp³-hybridized carbons (Fsp3) is 0.407. The summed E-state index contributed by atoms with van der Waals surface area (Å²) in [4.78, 5) is 25.6. The zero-order valence-electron chi connectivity index (χ0n) is 20.5. The lowest BCUT2D eigenvalue weighted by atomic mass is 10.1. The highest BCUT2D eigenvalue weighted by Gasteiger charge is 2.29. The summed E-state index contributed by atoms with van der Waals surface area (Å²) in [5.74, 6) is 1.42. The summed E-state index contributed by atoms with van der Waals surface area (Å²) in [6, 6.07) is 18.0. The molecule has 0 unspecified atom stereocenters. The fourth-order valence-electron chi connectivity index (χ4n) is 4.82. The minimum absolute atomic E-state index is 0.0207. The summed E-state index contributed by atoms with van der Waals surface area (Å²) in [6.07, 6.45) is 0.571. The molecule has 0 aliphatic carbocycles. The Kier molecular flexibility index (Phi) is 7.13. The van der Waals surface area contributed by atoms with Crippen molar-refractivity contribution in [3.8, 4) is 5.75 Å². The van der Waals surface area contributed by atoms with Gasteiger partial charge < -0.3 is 9.47 Å². The number of hydrogen-bond donors (Lipinski definition) is 0. The molecule has 1 saturated heterocycles. The van der Waals surface area contributed by atoms with Crippen LogP contribution in [0.1, 0.15) is 16.8 Å². The van der Waals surface area contributed by atoms with Crippen LogP contribution in [0.2, 0.25) is 0 Å². The molecular formula is C27H33N5O3. The molecule has 2 aromatic carbocycles. The average Bonchev–Trinajstić information content (AvgIpc) is 2.91. The molecule has 5 rings (SSSR count). The van der Waals surface area contributed by atoms with Crippen molar-refractivity contribution in [3.63, 3.8) is 0 Å². The summed E-state index contributed by atoms with van der Waals surface area (Å²) in [5, 5.41) is 0. The van der Waals surface area contributed by atoms with Gasteiger partial charge in [0.2, 0.25) is 5.95 Å². The van der Waals surface area contributed by atoms with Gasteiger partial charge in [0.1, 0.15) is 5.75 Å². The van der Waals surface area contributed by atoms with Crippen molar-refractivity contribution in [2.75, 3.05) is 58.1 Å². The van der Waals surface area contributed by atoms with E-state index in [0.717, 1.165) is 67.7 Å². The minimum atomic E-state index is 0.0207. The van der Waals surface area contributed by atoms with Gasteiger partial charge in [-0.25, -0.2) is 4.98 Å². The second kappa shape index (κ2) is 10.6. The Morgan fingerprint density at radius 2 is 1.66 bits per heavy atom. The van der Waals surface area contributed by atoms with E-state index in [9.17, 15) is 4.79 Å². The lowest BCUT2D eigenvalue weighted by Gasteiger charge is -2.39. The van der Waals surface area contributed by atoms with Crippen molar-refractivity contribution in [1.82, 2.24) is 19.4 Å². The third kappa shape index (κ3) is 5.10. The van der Waals surface area contributed by atoms with E-state index in [1.807, 2.05) is 54.0 Å². The van der Waals surface area contributed by atoms with Crippen LogP contribution in [0.5, 0.6) is 5.75 Å². The van der Waals surface area contributed by atoms with Gasteiger partial charge in [-0.1, -0.05) is 42.5 Å². The van der Waals surface area contributed by atoms with Crippen molar-refractivity contribution in [3.05, 3.63) is 81.8 Å². The summed E-state index contributed by atoms with van der Waals surface area (Å²) in [7, 11) is 1.67. The predicted molar refractivity (Wildman–Crippen MR) is 136 cm³/mol. The highest BCUT2D eigenvalue weighted by molar-refractivity contribution is 5.66. The number of aryl methyl sites for hydroxylation is 1. The number of ether oxygens (including phenoxy) is 2. The van der Waals surface area contributed by atoms with E-state index in [1.54, 1.807) is 7.11 Å². The maximum atomic E-state index is 13.8. The minimum Gasteiger partial charge on any atom is -0.495 e. The Bertz CT molecular complexity index is 1210. The first-order valence-electron chi connectivity index (χ1n) is 12.2. The van der Waals surface area contributed by atoms with Crippen molar-refractivity contribution < 1.29 is 9.47 Å². The van der Waals surface area contributed by atoms with Gasteiger partial charge in [-0.2, -0.15) is 0 Å². The lowest BCUT2D eigenvalue weighted by Crippen LogP contribution is -2.50. The van der Waals surface area contributed by atoms with Crippen LogP contribution in [-0.2, 0) is 17.8 Å². The first kappa shape index (κ1) is 23.5. The van der Waals surface area contributed by atoms with E-state index < -0.39 is 0 Å². The molecule has 0 amide bonds. The topological polar surface area (TPSA) is 63.1 Å². The normalized spacial score (nSPS) is 16.8. The Morgan fingerprint density at radius 1 is 0.943 bits per heavy atom. The largest absolute Gasteiger partial charge is 0.495 e. The molecule has 1 fully saturated rings. The van der Waals surface area contributed by atoms with Crippen molar-refractivity contribution in [1.29, 1.82) is 0 Å². The SMILES string of the molecule is COc1ccccc1N1CN(CCN2CCOCC2)Cn2c1nc(C)c(Cc1ccccc1)c2=O. The smallest absolute Gasteiger partial charge is 0.259 e. The molecule has 0 saturated carbocycles. The van der Waals surface area contributed by atoms with E-state index in [2.05, 4.69) is 26.8 Å². The van der Waals surface area contributed by atoms with Crippen LogP contribution in [0, 0.1) is 6.92 Å². The van der Waals surface area contributed by atoms with Crippen molar-refractivity contribution >= 4 is 11.6 Å². The Labute approximate surface area is 206 Å². The standard InChI is InChI=1S/C27H33N5O3/c1-21-23(18-22-8-4-3-5-9-22)26(33)32-20-30(13-12-29-14-16-35-17-15-29)19-31(27(32)28-21)24-10-6-7-11-25(24)34-2/h3-11H,12-20H2,1-2H3. The maximum Gasteiger partial charge on any atom is 0.259 e. The highest BCUT2D eigenvalue weighted by atomic mass is 16.5. The summed E-state index contributed by atoms with van der Waals surface area (Å²) < 4.78 is 13.0. The molecule has 8 nitrogen and oxygen atoms in total. The van der Waals surface area contributed by atoms with Crippen molar-refractivity contribution in [2.45, 2.75) is 20.0 Å². The molecule has 0 spiro atoms. The third-order valence-corrected chi connectivity index (χ3v) is 6.81. The van der Waals surface area contributed by atoms with E-state index in [0.29, 0.717) is 25.7 Å². The van der Waals surface area contributed by atoms with E-state index >= 15 is 0 Å². The quantitative estimate of drug-likeness (QED) is 0.521. The number of para-hydroxylation sites is 2. The summed E-state index contributed by atoms with van der Waals surface area (Å²) >= 11 is 0. The number of morpholine rings is 1. The number of hydrogen-bond acceptors (Lipinski definition) is 7. The molecule has 184 valence electrons. The number of fused-ring (bicyclic) bond motifs is 1. The molecular weight excluding hydrogens is 442 g/mol. The van der Waals surface area contributed by atoms with Gasteiger partial charge in [-0.3, -0.25) is 24.1 Å². The monoisotopic (exact) mass is 475 g/mol. The van der Waals surface area contributed by atoms with Gasteiger partial charge >= 0.3 is 0 Å². The number of nitrogens with zero attached hydrogens (tertiary/aromatic N) is 5. The van der Waals surface area contributed by atoms with E-state index in [1.165, 1.54) is 0 Å². The van der Waals surface area contributed by atoms with Gasteiger partial charge in [0.15, 0.2) is 0 Å². The fourth-order valence-corrected chi connectivity index (χ4v) is 4.82. The zero-order chi connectivity index (χ0) is 24.2. The molecule has 8 heteroatoms. The number of anilines is 2. The number of benzene rings is 2. The third-order valence-electron chi connectivity index (χ3n) is 6.81. The first-order valence-corrected chi connectivity index (χ1v) is 12.2. The Hall–Kier alpha value is -3.20. The van der Waals surface area contributed by atoms with Crippen LogP contribution in [0.4, 0.5) is 11.6 Å². The molecule has 0 N–H and O–H groups in total. The van der Waals surface area contributed by atoms with Gasteiger partial charge in [0, 0.05) is 38.2 Å². The van der Waals surface area contributed by atoms with Crippen LogP contribution >= 0.6 is 0 Å². The molecule has 3 heterocycles. The molecule has 2 aliphatic rings. The van der Waals surface area contributed by atoms with Gasteiger partial charge in [-0.05, 0) is 24.6 Å². The van der Waals surface area contributed by atoms with Crippen LogP contribution in [0.15, 0.2) is 59.4 Å². The summed E-state index contributed by atoms with van der Waals surface area (Å²) in [5.41, 5.74) is 3.55. The van der Waals surface area contributed by atoms with Gasteiger partial charge in [0.25, 0.3) is 5.56 Å². The van der Waals surface area contributed by atoms with Crippen LogP contribution < -0.4 is 15.2 Å². The van der Waals surface area contributed by atoms with Crippen LogP contribution in [0.25, 0.3) is 0 Å². The van der Waals surface area contributed by atoms with Gasteiger partial charge in [-0.15, -0.1) is 0 Å². The first-order chi connectivity index (χ1) is 17.1. The molecule has 0 atom stereocenters. The zero-order valence-corrected chi connectivity index (χ0v) is 20.5. The van der Waals surface area contributed by atoms with Crippen LogP contribution in [-0.4, -0.2) is 72.5 Å². The lowest BCUT2D eigenvalue weighted by molar-refractivity contribution is 0.0310. The Balaban J connectivity index is 1.51. The highest BCUT2D eigenvalue weighted by Crippen LogP contribution is 2.34. The molecule has 2 aliphatic heterocycles. The second-order valence-electron chi connectivity index (χ2n) is 9.10. The maximum absolute atomic E-state index is 13.8. The average molecular weight is 476 g/mol. The number of rotatable bonds is 7. The number of aromatic nitrogens is 2. The molecule has 0 bridgehead atoms. The van der Waals surface area contributed by atoms with Gasteiger partial charge in [0.05, 0.1) is 45.0 Å². The Morgan fingerprint density at radius 3 is 2.43 bits per heavy atom.